The summed E-state index contributed by atoms with van der Waals surface area (Å²) in [7, 11) is 0. The zero-order valence-corrected chi connectivity index (χ0v) is 10.4. The monoisotopic (exact) mass is 231 g/mol. The number of nitrogens with zero attached hydrogens (tertiary/aromatic N) is 2. The van der Waals surface area contributed by atoms with Gasteiger partial charge in [-0.2, -0.15) is 0 Å². The first kappa shape index (κ1) is 11.0. The topological polar surface area (TPSA) is 42.1 Å². The molecule has 0 radical (unpaired) electrons. The fourth-order valence-electron chi connectivity index (χ4n) is 3.11. The number of nitrogens with two attached hydrogens (primary N) is 1. The van der Waals surface area contributed by atoms with Gasteiger partial charge in [-0.05, 0) is 37.3 Å². The molecule has 3 rings (SSSR count). The lowest BCUT2D eigenvalue weighted by molar-refractivity contribution is 0.460. The second-order valence-electron chi connectivity index (χ2n) is 5.46. The zero-order chi connectivity index (χ0) is 11.7. The van der Waals surface area contributed by atoms with Crippen molar-refractivity contribution in [2.24, 2.45) is 5.73 Å². The molecule has 92 valence electrons. The van der Waals surface area contributed by atoms with Gasteiger partial charge in [0.05, 0.1) is 0 Å². The molecule has 2 aliphatic rings. The summed E-state index contributed by atoms with van der Waals surface area (Å²) in [6.07, 6.45) is 9.32. The van der Waals surface area contributed by atoms with E-state index in [0.717, 1.165) is 31.7 Å². The molecule has 0 amide bonds. The Morgan fingerprint density at radius 1 is 1.06 bits per heavy atom. The lowest BCUT2D eigenvalue weighted by Crippen LogP contribution is -2.33. The molecule has 1 saturated heterocycles. The Hall–Kier alpha value is -1.09. The van der Waals surface area contributed by atoms with Gasteiger partial charge in [-0.1, -0.05) is 18.9 Å². The van der Waals surface area contributed by atoms with Crippen LogP contribution in [0.15, 0.2) is 18.3 Å². The third-order valence-electron chi connectivity index (χ3n) is 4.25. The van der Waals surface area contributed by atoms with Crippen LogP contribution in [0.4, 0.5) is 5.82 Å². The number of hydrogen-bond acceptors (Lipinski definition) is 3. The molecule has 1 aromatic rings. The number of aromatic nitrogens is 1. The average Bonchev–Trinajstić information content (AvgIpc) is 3.01. The molecular weight excluding hydrogens is 210 g/mol. The van der Waals surface area contributed by atoms with Gasteiger partial charge in [0.15, 0.2) is 0 Å². The molecule has 3 nitrogen and oxygen atoms in total. The van der Waals surface area contributed by atoms with Gasteiger partial charge in [0.1, 0.15) is 5.82 Å². The van der Waals surface area contributed by atoms with E-state index in [1.807, 2.05) is 6.20 Å². The van der Waals surface area contributed by atoms with E-state index in [2.05, 4.69) is 22.0 Å². The second-order valence-corrected chi connectivity index (χ2v) is 5.46. The highest BCUT2D eigenvalue weighted by atomic mass is 15.2. The molecule has 0 atom stereocenters. The Morgan fingerprint density at radius 3 is 2.35 bits per heavy atom. The molecule has 2 N–H and O–H groups in total. The molecule has 0 bridgehead atoms. The number of rotatable bonds is 2. The molecule has 0 aromatic carbocycles. The van der Waals surface area contributed by atoms with Crippen molar-refractivity contribution in [3.05, 3.63) is 23.9 Å². The van der Waals surface area contributed by atoms with E-state index in [4.69, 9.17) is 5.73 Å². The fourth-order valence-corrected chi connectivity index (χ4v) is 3.11. The van der Waals surface area contributed by atoms with E-state index in [1.165, 1.54) is 31.2 Å². The summed E-state index contributed by atoms with van der Waals surface area (Å²) in [5, 5.41) is 0. The normalized spacial score (nSPS) is 23.2. The van der Waals surface area contributed by atoms with Crippen molar-refractivity contribution in [1.82, 2.24) is 4.98 Å². The van der Waals surface area contributed by atoms with Gasteiger partial charge in [-0.15, -0.1) is 0 Å². The van der Waals surface area contributed by atoms with Crippen LogP contribution in [-0.2, 0) is 5.54 Å². The van der Waals surface area contributed by atoms with Gasteiger partial charge >= 0.3 is 0 Å². The van der Waals surface area contributed by atoms with Gasteiger partial charge in [0.25, 0.3) is 0 Å². The van der Waals surface area contributed by atoms with Crippen molar-refractivity contribution < 1.29 is 0 Å². The van der Waals surface area contributed by atoms with Crippen LogP contribution in [0.1, 0.15) is 44.1 Å². The standard InChI is InChI=1S/C14H21N3/c15-14(7-1-2-8-14)12-5-6-13(16-11-12)17-9-3-4-10-17/h5-6,11H,1-4,7-10,15H2. The summed E-state index contributed by atoms with van der Waals surface area (Å²) in [5.74, 6) is 1.12. The summed E-state index contributed by atoms with van der Waals surface area (Å²) in [6, 6.07) is 4.33. The summed E-state index contributed by atoms with van der Waals surface area (Å²) in [5.41, 5.74) is 7.55. The highest BCUT2D eigenvalue weighted by Crippen LogP contribution is 2.36. The first-order valence-corrected chi connectivity index (χ1v) is 6.78. The fraction of sp³-hybridized carbons (Fsp3) is 0.643. The van der Waals surface area contributed by atoms with Gasteiger partial charge in [0.2, 0.25) is 0 Å². The summed E-state index contributed by atoms with van der Waals surface area (Å²) in [6.45, 7) is 2.31. The van der Waals surface area contributed by atoms with Crippen molar-refractivity contribution in [3.8, 4) is 0 Å². The maximum atomic E-state index is 6.43. The van der Waals surface area contributed by atoms with E-state index < -0.39 is 0 Å². The van der Waals surface area contributed by atoms with Gasteiger partial charge in [-0.3, -0.25) is 0 Å². The average molecular weight is 231 g/mol. The first-order chi connectivity index (χ1) is 8.28. The predicted molar refractivity (Wildman–Crippen MR) is 70.0 cm³/mol. The van der Waals surface area contributed by atoms with Crippen molar-refractivity contribution >= 4 is 5.82 Å². The molecule has 1 aliphatic heterocycles. The zero-order valence-electron chi connectivity index (χ0n) is 10.4. The highest BCUT2D eigenvalue weighted by Gasteiger charge is 2.31. The smallest absolute Gasteiger partial charge is 0.128 e. The number of anilines is 1. The minimum absolute atomic E-state index is 0.101. The summed E-state index contributed by atoms with van der Waals surface area (Å²) in [4.78, 5) is 6.96. The second kappa shape index (κ2) is 4.30. The lowest BCUT2D eigenvalue weighted by Gasteiger charge is -2.24. The van der Waals surface area contributed by atoms with Crippen LogP contribution in [0, 0.1) is 0 Å². The van der Waals surface area contributed by atoms with E-state index in [-0.39, 0.29) is 5.54 Å². The Morgan fingerprint density at radius 2 is 1.76 bits per heavy atom. The van der Waals surface area contributed by atoms with Crippen molar-refractivity contribution in [1.29, 1.82) is 0 Å². The molecule has 0 spiro atoms. The molecule has 2 heterocycles. The van der Waals surface area contributed by atoms with E-state index in [0.29, 0.717) is 0 Å². The predicted octanol–water partition coefficient (Wildman–Crippen LogP) is 2.41. The third-order valence-corrected chi connectivity index (χ3v) is 4.25. The van der Waals surface area contributed by atoms with Crippen molar-refractivity contribution in [2.75, 3.05) is 18.0 Å². The molecule has 2 fully saturated rings. The highest BCUT2D eigenvalue weighted by molar-refractivity contribution is 5.41. The van der Waals surface area contributed by atoms with Crippen LogP contribution < -0.4 is 10.6 Å². The molecular formula is C14H21N3. The quantitative estimate of drug-likeness (QED) is 0.850. The van der Waals surface area contributed by atoms with Crippen molar-refractivity contribution in [3.63, 3.8) is 0 Å². The van der Waals surface area contributed by atoms with Crippen LogP contribution in [0.5, 0.6) is 0 Å². The van der Waals surface area contributed by atoms with Gasteiger partial charge in [0, 0.05) is 24.8 Å². The van der Waals surface area contributed by atoms with Crippen LogP contribution in [-0.4, -0.2) is 18.1 Å². The number of pyridine rings is 1. The third kappa shape index (κ3) is 2.04. The summed E-state index contributed by atoms with van der Waals surface area (Å²) < 4.78 is 0. The van der Waals surface area contributed by atoms with Crippen LogP contribution in [0.25, 0.3) is 0 Å². The van der Waals surface area contributed by atoms with E-state index >= 15 is 0 Å². The Kier molecular flexibility index (Phi) is 2.79. The maximum Gasteiger partial charge on any atom is 0.128 e. The lowest BCUT2D eigenvalue weighted by atomic mass is 9.91. The molecule has 1 aliphatic carbocycles. The van der Waals surface area contributed by atoms with Gasteiger partial charge < -0.3 is 10.6 Å². The molecule has 3 heteroatoms. The molecule has 1 aromatic heterocycles. The molecule has 1 saturated carbocycles. The van der Waals surface area contributed by atoms with Crippen LogP contribution >= 0.6 is 0 Å². The minimum atomic E-state index is -0.101. The van der Waals surface area contributed by atoms with Crippen LogP contribution in [0.2, 0.25) is 0 Å². The Balaban J connectivity index is 1.79. The molecule has 0 unspecified atom stereocenters. The van der Waals surface area contributed by atoms with Gasteiger partial charge in [-0.25, -0.2) is 4.98 Å². The largest absolute Gasteiger partial charge is 0.357 e. The maximum absolute atomic E-state index is 6.43. The number of hydrogen-bond donors (Lipinski definition) is 1. The van der Waals surface area contributed by atoms with Crippen LogP contribution in [0.3, 0.4) is 0 Å². The minimum Gasteiger partial charge on any atom is -0.357 e. The summed E-state index contributed by atoms with van der Waals surface area (Å²) >= 11 is 0. The SMILES string of the molecule is NC1(c2ccc(N3CCCC3)nc2)CCCC1. The van der Waals surface area contributed by atoms with E-state index in [9.17, 15) is 0 Å². The molecule has 17 heavy (non-hydrogen) atoms. The Labute approximate surface area is 103 Å². The first-order valence-electron chi connectivity index (χ1n) is 6.78. The Bertz CT molecular complexity index is 373. The van der Waals surface area contributed by atoms with Crippen molar-refractivity contribution in [2.45, 2.75) is 44.1 Å². The van der Waals surface area contributed by atoms with E-state index in [1.54, 1.807) is 0 Å².